The molecule has 4 N–H and O–H groups in total. The van der Waals surface area contributed by atoms with Gasteiger partial charge in [-0.1, -0.05) is 24.3 Å². The second kappa shape index (κ2) is 8.81. The van der Waals surface area contributed by atoms with E-state index in [1.807, 2.05) is 0 Å². The molecule has 0 aromatic heterocycles. The summed E-state index contributed by atoms with van der Waals surface area (Å²) in [4.78, 5) is 10.4. The predicted molar refractivity (Wildman–Crippen MR) is 65.6 cm³/mol. The summed E-state index contributed by atoms with van der Waals surface area (Å²) in [5, 5.41) is 0. The molecule has 0 saturated carbocycles. The van der Waals surface area contributed by atoms with E-state index in [0.29, 0.717) is 5.56 Å². The van der Waals surface area contributed by atoms with Gasteiger partial charge >= 0.3 is 0 Å². The van der Waals surface area contributed by atoms with Crippen molar-refractivity contribution >= 4 is 6.29 Å². The van der Waals surface area contributed by atoms with E-state index in [1.54, 1.807) is 24.3 Å². The monoisotopic (exact) mass is 242 g/mol. The van der Waals surface area contributed by atoms with Crippen molar-refractivity contribution in [3.05, 3.63) is 35.4 Å². The molecule has 0 radical (unpaired) electrons. The lowest BCUT2D eigenvalue weighted by Crippen LogP contribution is -2.31. The summed E-state index contributed by atoms with van der Waals surface area (Å²) in [5.74, 6) is 0. The molecule has 0 aliphatic heterocycles. The van der Waals surface area contributed by atoms with Crippen molar-refractivity contribution in [2.75, 3.05) is 20.8 Å². The number of rotatable bonds is 5. The highest BCUT2D eigenvalue weighted by molar-refractivity contribution is 5.74. The largest absolute Gasteiger partial charge is 0.375 e. The third kappa shape index (κ3) is 4.60. The van der Waals surface area contributed by atoms with Crippen molar-refractivity contribution in [3.8, 4) is 0 Å². The number of halogens is 1. The van der Waals surface area contributed by atoms with Crippen LogP contribution in [0.15, 0.2) is 24.3 Å². The van der Waals surface area contributed by atoms with E-state index >= 15 is 0 Å². The number of aldehydes is 1. The van der Waals surface area contributed by atoms with Crippen LogP contribution in [0.2, 0.25) is 0 Å². The molecule has 0 fully saturated rings. The Hall–Kier alpha value is -1.30. The smallest absolute Gasteiger partial charge is 0.150 e. The molecular weight excluding hydrogens is 223 g/mol. The Morgan fingerprint density at radius 1 is 1.35 bits per heavy atom. The fraction of sp³-hybridized carbons (Fsp3) is 0.417. The molecule has 17 heavy (non-hydrogen) atoms. The molecule has 2 unspecified atom stereocenters. The number of carbonyl (C=O) groups is 1. The Bertz CT molecular complexity index is 317. The molecular formula is C12H19FN2O2. The SMILES string of the molecule is CN.COC(c1ccc(C=O)cc1)C(N)CF. The number of ether oxygens (including phenoxy) is 1. The molecule has 4 nitrogen and oxygen atoms in total. The van der Waals surface area contributed by atoms with E-state index in [2.05, 4.69) is 5.73 Å². The average Bonchev–Trinajstić information content (AvgIpc) is 2.42. The highest BCUT2D eigenvalue weighted by atomic mass is 19.1. The maximum Gasteiger partial charge on any atom is 0.150 e. The minimum Gasteiger partial charge on any atom is -0.375 e. The number of benzene rings is 1. The Morgan fingerprint density at radius 3 is 2.24 bits per heavy atom. The molecule has 0 saturated heterocycles. The van der Waals surface area contributed by atoms with E-state index < -0.39 is 18.8 Å². The number of hydrogen-bond acceptors (Lipinski definition) is 4. The van der Waals surface area contributed by atoms with E-state index in [1.165, 1.54) is 14.2 Å². The zero-order chi connectivity index (χ0) is 13.3. The van der Waals surface area contributed by atoms with Gasteiger partial charge in [0.2, 0.25) is 0 Å². The van der Waals surface area contributed by atoms with Crippen molar-refractivity contribution in [1.29, 1.82) is 0 Å². The van der Waals surface area contributed by atoms with Crippen LogP contribution in [0.1, 0.15) is 22.0 Å². The molecule has 2 atom stereocenters. The molecule has 0 heterocycles. The lowest BCUT2D eigenvalue weighted by atomic mass is 10.0. The topological polar surface area (TPSA) is 78.3 Å². The molecule has 1 aromatic carbocycles. The van der Waals surface area contributed by atoms with Crippen LogP contribution in [0.5, 0.6) is 0 Å². The maximum atomic E-state index is 12.4. The van der Waals surface area contributed by atoms with Gasteiger partial charge in [-0.15, -0.1) is 0 Å². The molecule has 5 heteroatoms. The number of nitrogens with two attached hydrogens (primary N) is 2. The fourth-order valence-electron chi connectivity index (χ4n) is 1.40. The predicted octanol–water partition coefficient (Wildman–Crippen LogP) is 1.06. The van der Waals surface area contributed by atoms with Crippen LogP contribution in [0.3, 0.4) is 0 Å². The van der Waals surface area contributed by atoms with E-state index in [4.69, 9.17) is 10.5 Å². The van der Waals surface area contributed by atoms with Crippen LogP contribution in [0.25, 0.3) is 0 Å². The normalized spacial score (nSPS) is 13.2. The molecule has 0 aliphatic carbocycles. The fourth-order valence-corrected chi connectivity index (χ4v) is 1.40. The summed E-state index contributed by atoms with van der Waals surface area (Å²) in [6, 6.07) is 6.05. The summed E-state index contributed by atoms with van der Waals surface area (Å²) in [6.45, 7) is -0.645. The van der Waals surface area contributed by atoms with Crippen LogP contribution in [0, 0.1) is 0 Å². The average molecular weight is 242 g/mol. The Morgan fingerprint density at radius 2 is 1.88 bits per heavy atom. The molecule has 0 bridgehead atoms. The molecule has 1 rings (SSSR count). The van der Waals surface area contributed by atoms with Gasteiger partial charge in [-0.05, 0) is 12.6 Å². The third-order valence-corrected chi connectivity index (χ3v) is 2.22. The van der Waals surface area contributed by atoms with E-state index in [0.717, 1.165) is 11.8 Å². The summed E-state index contributed by atoms with van der Waals surface area (Å²) in [7, 11) is 2.98. The van der Waals surface area contributed by atoms with Gasteiger partial charge in [-0.2, -0.15) is 0 Å². The first kappa shape index (κ1) is 15.7. The first-order valence-corrected chi connectivity index (χ1v) is 5.20. The Kier molecular flexibility index (Phi) is 8.13. The van der Waals surface area contributed by atoms with Crippen LogP contribution >= 0.6 is 0 Å². The van der Waals surface area contributed by atoms with Crippen molar-refractivity contribution in [3.63, 3.8) is 0 Å². The highest BCUT2D eigenvalue weighted by Gasteiger charge is 2.18. The summed E-state index contributed by atoms with van der Waals surface area (Å²) < 4.78 is 17.5. The lowest BCUT2D eigenvalue weighted by molar-refractivity contribution is 0.0720. The van der Waals surface area contributed by atoms with Crippen LogP contribution in [-0.2, 0) is 4.74 Å². The van der Waals surface area contributed by atoms with Crippen LogP contribution < -0.4 is 11.5 Å². The summed E-state index contributed by atoms with van der Waals surface area (Å²) in [5.41, 5.74) is 11.4. The zero-order valence-electron chi connectivity index (χ0n) is 10.1. The standard InChI is InChI=1S/C11H14FNO2.CH5N/c1-15-11(10(13)6-12)9-4-2-8(7-14)3-5-9;1-2/h2-5,7,10-11H,6,13H2,1H3;2H2,1H3. The minimum absolute atomic E-state index is 0.476. The number of methoxy groups -OCH3 is 1. The zero-order valence-corrected chi connectivity index (χ0v) is 10.1. The van der Waals surface area contributed by atoms with E-state index in [9.17, 15) is 9.18 Å². The minimum atomic E-state index is -0.683. The first-order valence-electron chi connectivity index (χ1n) is 5.20. The van der Waals surface area contributed by atoms with Crippen molar-refractivity contribution in [2.24, 2.45) is 11.5 Å². The summed E-state index contributed by atoms with van der Waals surface area (Å²) in [6.07, 6.45) is 0.274. The van der Waals surface area contributed by atoms with Gasteiger partial charge in [-0.25, -0.2) is 4.39 Å². The second-order valence-corrected chi connectivity index (χ2v) is 3.26. The van der Waals surface area contributed by atoms with Crippen LogP contribution in [0.4, 0.5) is 4.39 Å². The maximum absolute atomic E-state index is 12.4. The quantitative estimate of drug-likeness (QED) is 0.757. The van der Waals surface area contributed by atoms with Crippen molar-refractivity contribution in [1.82, 2.24) is 0 Å². The van der Waals surface area contributed by atoms with Gasteiger partial charge in [0.15, 0.2) is 0 Å². The third-order valence-electron chi connectivity index (χ3n) is 2.22. The summed E-state index contributed by atoms with van der Waals surface area (Å²) >= 11 is 0. The van der Waals surface area contributed by atoms with Crippen molar-refractivity contribution in [2.45, 2.75) is 12.1 Å². The Balaban J connectivity index is 0.00000121. The number of carbonyl (C=O) groups excluding carboxylic acids is 1. The molecule has 96 valence electrons. The van der Waals surface area contributed by atoms with E-state index in [-0.39, 0.29) is 0 Å². The van der Waals surface area contributed by atoms with Crippen molar-refractivity contribution < 1.29 is 13.9 Å². The number of alkyl halides is 1. The number of hydrogen-bond donors (Lipinski definition) is 2. The molecule has 0 aliphatic rings. The first-order chi connectivity index (χ1) is 8.22. The lowest BCUT2D eigenvalue weighted by Gasteiger charge is -2.20. The van der Waals surface area contributed by atoms with Gasteiger partial charge < -0.3 is 16.2 Å². The van der Waals surface area contributed by atoms with Gasteiger partial charge in [0.1, 0.15) is 13.0 Å². The van der Waals surface area contributed by atoms with Gasteiger partial charge in [0.05, 0.1) is 12.1 Å². The molecule has 0 amide bonds. The molecule has 0 spiro atoms. The van der Waals surface area contributed by atoms with Crippen LogP contribution in [-0.4, -0.2) is 33.2 Å². The van der Waals surface area contributed by atoms with Gasteiger partial charge in [-0.3, -0.25) is 4.79 Å². The Labute approximate surface area is 101 Å². The van der Waals surface area contributed by atoms with Gasteiger partial charge in [0, 0.05) is 12.7 Å². The second-order valence-electron chi connectivity index (χ2n) is 3.26. The van der Waals surface area contributed by atoms with Gasteiger partial charge in [0.25, 0.3) is 0 Å². The molecule has 1 aromatic rings. The highest BCUT2D eigenvalue weighted by Crippen LogP contribution is 2.20.